The summed E-state index contributed by atoms with van der Waals surface area (Å²) < 4.78 is 20.9. The third kappa shape index (κ3) is 12.6. The Balaban J connectivity index is -0.0000000343. The first-order chi connectivity index (χ1) is 5.56. The summed E-state index contributed by atoms with van der Waals surface area (Å²) in [4.78, 5) is 37.6. The van der Waals surface area contributed by atoms with Crippen molar-refractivity contribution in [2.24, 2.45) is 5.73 Å². The van der Waals surface area contributed by atoms with Gasteiger partial charge in [-0.05, 0) is 6.54 Å². The van der Waals surface area contributed by atoms with Crippen molar-refractivity contribution in [2.75, 3.05) is 6.54 Å². The SMILES string of the molecule is NCCC(O)(P(=O)([O-])O)P(=O)([O-])O.O.O.O.O.O.[Na+].[Na+]. The van der Waals surface area contributed by atoms with Gasteiger partial charge < -0.3 is 66.9 Å². The van der Waals surface area contributed by atoms with Crippen LogP contribution in [0.1, 0.15) is 6.42 Å². The zero-order valence-corrected chi connectivity index (χ0v) is 16.6. The standard InChI is InChI=1S/C3H11NO7P2.2Na.5H2O/c4-2-1-3(5,12(6,7)8)13(9,10)11;;;;;;;/h5H,1-2,4H2,(H2,6,7,8)(H2,9,10,11);;;5*1H2/q;2*+1;;;;;/p-2. The Morgan fingerprint density at radius 2 is 1.10 bits per heavy atom. The van der Waals surface area contributed by atoms with E-state index in [1.54, 1.807) is 0 Å². The second-order valence-electron chi connectivity index (χ2n) is 2.35. The van der Waals surface area contributed by atoms with Crippen LogP contribution in [-0.2, 0) is 9.13 Å². The Labute approximate surface area is 158 Å². The maximum atomic E-state index is 10.4. The van der Waals surface area contributed by atoms with Crippen LogP contribution >= 0.6 is 15.2 Å². The Bertz CT molecular complexity index is 256. The van der Waals surface area contributed by atoms with Crippen molar-refractivity contribution in [1.82, 2.24) is 0 Å². The van der Waals surface area contributed by atoms with Gasteiger partial charge in [0, 0.05) is 6.42 Å². The van der Waals surface area contributed by atoms with E-state index in [0.29, 0.717) is 0 Å². The Hall–Kier alpha value is 2.02. The van der Waals surface area contributed by atoms with E-state index in [-0.39, 0.29) is 86.5 Å². The van der Waals surface area contributed by atoms with E-state index in [0.717, 1.165) is 0 Å². The Kier molecular flexibility index (Phi) is 43.0. The molecule has 0 aromatic carbocycles. The van der Waals surface area contributed by atoms with Gasteiger partial charge in [-0.1, -0.05) is 0 Å². The molecule has 0 aromatic rings. The van der Waals surface area contributed by atoms with Gasteiger partial charge in [-0.25, -0.2) is 0 Å². The van der Waals surface area contributed by atoms with E-state index in [1.807, 2.05) is 0 Å². The van der Waals surface area contributed by atoms with Crippen molar-refractivity contribution in [1.29, 1.82) is 0 Å². The van der Waals surface area contributed by atoms with Gasteiger partial charge in [-0.3, -0.25) is 0 Å². The first-order valence-electron chi connectivity index (χ1n) is 3.06. The molecule has 0 aliphatic heterocycles. The van der Waals surface area contributed by atoms with E-state index >= 15 is 0 Å². The van der Waals surface area contributed by atoms with E-state index < -0.39 is 33.2 Å². The average molecular weight is 369 g/mol. The van der Waals surface area contributed by atoms with Crippen LogP contribution in [-0.4, -0.2) is 53.9 Å². The predicted octanol–water partition coefficient (Wildman–Crippen LogP) is -13.0. The normalized spacial score (nSPS) is 16.7. The molecule has 0 saturated carbocycles. The van der Waals surface area contributed by atoms with E-state index in [2.05, 4.69) is 0 Å². The molecule has 0 aliphatic carbocycles. The maximum absolute atomic E-state index is 10.4. The number of hydrogen-bond acceptors (Lipinski definition) is 6. The smallest absolute Gasteiger partial charge is 0.776 e. The minimum Gasteiger partial charge on any atom is -0.776 e. The van der Waals surface area contributed by atoms with Crippen LogP contribution in [0.4, 0.5) is 0 Å². The van der Waals surface area contributed by atoms with Crippen LogP contribution < -0.4 is 74.6 Å². The van der Waals surface area contributed by atoms with Crippen LogP contribution in [0.2, 0.25) is 0 Å². The first-order valence-corrected chi connectivity index (χ1v) is 6.22. The summed E-state index contributed by atoms with van der Waals surface area (Å²) in [6.07, 6.45) is -0.998. The van der Waals surface area contributed by atoms with Crippen LogP contribution in [0.3, 0.4) is 0 Å². The van der Waals surface area contributed by atoms with Crippen LogP contribution in [0.5, 0.6) is 0 Å². The zero-order valence-electron chi connectivity index (χ0n) is 10.9. The van der Waals surface area contributed by atoms with Crippen LogP contribution in [0.15, 0.2) is 0 Å². The molecular weight excluding hydrogens is 350 g/mol. The van der Waals surface area contributed by atoms with Gasteiger partial charge in [0.05, 0.1) is 0 Å². The van der Waals surface area contributed by atoms with Crippen molar-refractivity contribution in [2.45, 2.75) is 11.5 Å². The van der Waals surface area contributed by atoms with Gasteiger partial charge in [-0.15, -0.1) is 0 Å². The zero-order chi connectivity index (χ0) is 10.9. The van der Waals surface area contributed by atoms with Crippen molar-refractivity contribution < 1.29 is 120 Å². The molecule has 2 atom stereocenters. The summed E-state index contributed by atoms with van der Waals surface area (Å²) in [5, 5.41) is 5.36. The fourth-order valence-electron chi connectivity index (χ4n) is 0.636. The maximum Gasteiger partial charge on any atom is 1.00 e. The van der Waals surface area contributed by atoms with Gasteiger partial charge in [-0.2, -0.15) is 0 Å². The Morgan fingerprint density at radius 1 is 0.900 bits per heavy atom. The molecule has 0 radical (unpaired) electrons. The quantitative estimate of drug-likeness (QED) is 0.271. The fourth-order valence-corrected chi connectivity index (χ4v) is 2.74. The molecule has 0 bridgehead atoms. The summed E-state index contributed by atoms with van der Waals surface area (Å²) in [5.41, 5.74) is 4.81. The van der Waals surface area contributed by atoms with Gasteiger partial charge in [0.2, 0.25) is 0 Å². The monoisotopic (exact) mass is 369 g/mol. The molecule has 17 heteroatoms. The molecule has 13 nitrogen and oxygen atoms in total. The minimum atomic E-state index is -5.63. The molecule has 0 fully saturated rings. The summed E-state index contributed by atoms with van der Waals surface area (Å²) in [6, 6.07) is 0. The second kappa shape index (κ2) is 17.4. The predicted molar refractivity (Wildman–Crippen MR) is 56.3 cm³/mol. The van der Waals surface area contributed by atoms with Crippen LogP contribution in [0, 0.1) is 0 Å². The third-order valence-corrected chi connectivity index (χ3v) is 5.16. The topological polar surface area (TPSA) is 324 Å². The Morgan fingerprint density at radius 3 is 1.15 bits per heavy atom. The molecule has 20 heavy (non-hydrogen) atoms. The molecule has 15 N–H and O–H groups in total. The van der Waals surface area contributed by atoms with Crippen molar-refractivity contribution in [3.63, 3.8) is 0 Å². The van der Waals surface area contributed by atoms with Crippen molar-refractivity contribution >= 4 is 15.2 Å². The van der Waals surface area contributed by atoms with E-state index in [1.165, 1.54) is 0 Å². The molecule has 0 aliphatic rings. The summed E-state index contributed by atoms with van der Waals surface area (Å²) in [5.74, 6) is 0. The molecule has 0 aromatic heterocycles. The summed E-state index contributed by atoms with van der Waals surface area (Å²) in [7, 11) is -11.3. The summed E-state index contributed by atoms with van der Waals surface area (Å²) in [6.45, 7) is -0.532. The molecular formula is C3H19NNa2O12P2. The third-order valence-electron chi connectivity index (χ3n) is 1.38. The first kappa shape index (κ1) is 49.5. The largest absolute Gasteiger partial charge is 1.00 e. The number of nitrogens with two attached hydrogens (primary N) is 1. The number of hydrogen-bond donors (Lipinski definition) is 4. The minimum absolute atomic E-state index is 0. The number of aliphatic hydroxyl groups is 1. The molecule has 0 rings (SSSR count). The van der Waals surface area contributed by atoms with Gasteiger partial charge in [0.15, 0.2) is 20.3 Å². The molecule has 120 valence electrons. The summed E-state index contributed by atoms with van der Waals surface area (Å²) >= 11 is 0. The van der Waals surface area contributed by atoms with Crippen molar-refractivity contribution in [3.8, 4) is 0 Å². The molecule has 0 spiro atoms. The molecule has 0 heterocycles. The number of rotatable bonds is 4. The molecule has 0 saturated heterocycles. The molecule has 2 unspecified atom stereocenters. The van der Waals surface area contributed by atoms with Crippen molar-refractivity contribution in [3.05, 3.63) is 0 Å². The fraction of sp³-hybridized carbons (Fsp3) is 1.00. The van der Waals surface area contributed by atoms with Gasteiger partial charge in [0.25, 0.3) is 0 Å². The van der Waals surface area contributed by atoms with E-state index in [4.69, 9.17) is 20.6 Å². The van der Waals surface area contributed by atoms with Crippen LogP contribution in [0.25, 0.3) is 0 Å². The molecule has 0 amide bonds. The second-order valence-corrected chi connectivity index (χ2v) is 6.27. The van der Waals surface area contributed by atoms with E-state index in [9.17, 15) is 18.9 Å². The average Bonchev–Trinajstić information content (AvgIpc) is 1.82. The van der Waals surface area contributed by atoms with Gasteiger partial charge >= 0.3 is 59.1 Å². The van der Waals surface area contributed by atoms with Gasteiger partial charge in [0.1, 0.15) is 0 Å².